The van der Waals surface area contributed by atoms with E-state index in [9.17, 15) is 23.8 Å². The highest BCUT2D eigenvalue weighted by atomic mass is 19.2. The topological polar surface area (TPSA) is 57.5 Å². The van der Waals surface area contributed by atoms with Crippen LogP contribution in [-0.4, -0.2) is 33.1 Å². The zero-order valence-electron chi connectivity index (χ0n) is 8.80. The van der Waals surface area contributed by atoms with Gasteiger partial charge >= 0.3 is 5.97 Å². The van der Waals surface area contributed by atoms with Crippen molar-refractivity contribution in [1.82, 2.24) is 0 Å². The number of rotatable bonds is 1. The van der Waals surface area contributed by atoms with Gasteiger partial charge < -0.3 is 10.2 Å². The van der Waals surface area contributed by atoms with E-state index >= 15 is 0 Å². The van der Waals surface area contributed by atoms with Crippen molar-refractivity contribution in [2.75, 3.05) is 0 Å². The Kier molecular flexibility index (Phi) is 1.58. The third-order valence-corrected chi connectivity index (χ3v) is 4.36. The van der Waals surface area contributed by atoms with Crippen LogP contribution < -0.4 is 0 Å². The molecule has 0 aliphatic heterocycles. The van der Waals surface area contributed by atoms with Crippen molar-refractivity contribution < 1.29 is 23.8 Å². The number of alkyl halides is 2. The van der Waals surface area contributed by atoms with Crippen LogP contribution in [-0.2, 0) is 4.79 Å². The highest BCUT2D eigenvalue weighted by Crippen LogP contribution is 2.66. The normalized spacial score (nSPS) is 58.9. The predicted molar refractivity (Wildman–Crippen MR) is 50.4 cm³/mol. The predicted octanol–water partition coefficient (Wildman–Crippen LogP) is 1.59. The molecule has 4 rings (SSSR count). The third kappa shape index (κ3) is 1.18. The Morgan fingerprint density at radius 2 is 1.44 bits per heavy atom. The summed E-state index contributed by atoms with van der Waals surface area (Å²) in [4.78, 5) is 11.2. The zero-order valence-corrected chi connectivity index (χ0v) is 8.80. The van der Waals surface area contributed by atoms with Gasteiger partial charge in [0, 0.05) is 19.3 Å². The number of hydrogen-bond donors (Lipinski definition) is 2. The third-order valence-electron chi connectivity index (χ3n) is 4.36. The molecule has 3 nitrogen and oxygen atoms in total. The molecule has 0 amide bonds. The molecule has 0 aromatic carbocycles. The first kappa shape index (κ1) is 10.4. The number of carboxylic acids is 1. The lowest BCUT2D eigenvalue weighted by Crippen LogP contribution is -2.68. The van der Waals surface area contributed by atoms with Crippen LogP contribution in [0, 0.1) is 5.41 Å². The van der Waals surface area contributed by atoms with Gasteiger partial charge in [-0.25, -0.2) is 8.78 Å². The minimum Gasteiger partial charge on any atom is -0.481 e. The maximum Gasteiger partial charge on any atom is 0.309 e. The Bertz CT molecular complexity index is 328. The molecule has 4 aliphatic carbocycles. The maximum absolute atomic E-state index is 14.3. The van der Waals surface area contributed by atoms with Gasteiger partial charge in [-0.1, -0.05) is 0 Å². The van der Waals surface area contributed by atoms with Crippen LogP contribution in [0.4, 0.5) is 8.78 Å². The number of aliphatic hydroxyl groups is 1. The Morgan fingerprint density at radius 3 is 1.81 bits per heavy atom. The number of halogens is 2. The summed E-state index contributed by atoms with van der Waals surface area (Å²) in [6, 6.07) is 0. The van der Waals surface area contributed by atoms with E-state index in [-0.39, 0.29) is 38.5 Å². The molecule has 0 spiro atoms. The van der Waals surface area contributed by atoms with Crippen molar-refractivity contribution >= 4 is 5.97 Å². The Labute approximate surface area is 91.5 Å². The van der Waals surface area contributed by atoms with Crippen LogP contribution in [0.25, 0.3) is 0 Å². The second-order valence-electron chi connectivity index (χ2n) is 6.17. The molecule has 0 saturated heterocycles. The van der Waals surface area contributed by atoms with E-state index in [1.807, 2.05) is 0 Å². The lowest BCUT2D eigenvalue weighted by molar-refractivity contribution is -0.244. The van der Waals surface area contributed by atoms with Crippen molar-refractivity contribution in [2.45, 2.75) is 55.5 Å². The fourth-order valence-electron chi connectivity index (χ4n) is 4.57. The first-order valence-corrected chi connectivity index (χ1v) is 5.52. The Balaban J connectivity index is 2.11. The van der Waals surface area contributed by atoms with Crippen LogP contribution in [0.15, 0.2) is 0 Å². The van der Waals surface area contributed by atoms with E-state index in [1.165, 1.54) is 0 Å². The van der Waals surface area contributed by atoms with Gasteiger partial charge in [0.2, 0.25) is 0 Å². The molecule has 2 atom stereocenters. The monoisotopic (exact) mass is 232 g/mol. The quantitative estimate of drug-likeness (QED) is 0.721. The number of hydrogen-bond acceptors (Lipinski definition) is 2. The average Bonchev–Trinajstić information content (AvgIpc) is 1.92. The summed E-state index contributed by atoms with van der Waals surface area (Å²) in [5.74, 6) is -1.17. The first-order valence-electron chi connectivity index (χ1n) is 5.52. The summed E-state index contributed by atoms with van der Waals surface area (Å²) < 4.78 is 28.6. The van der Waals surface area contributed by atoms with Crippen molar-refractivity contribution in [3.8, 4) is 0 Å². The van der Waals surface area contributed by atoms with Crippen LogP contribution in [0.3, 0.4) is 0 Å². The number of aliphatic carboxylic acids is 1. The SMILES string of the molecule is O=C(O)C12CC3(O)CC(F)(CC(F)(C3)C1)C2. The van der Waals surface area contributed by atoms with Crippen molar-refractivity contribution in [2.24, 2.45) is 5.41 Å². The second kappa shape index (κ2) is 2.42. The Hall–Kier alpha value is -0.710. The van der Waals surface area contributed by atoms with Gasteiger partial charge in [-0.3, -0.25) is 4.79 Å². The molecule has 0 aromatic rings. The molecule has 0 radical (unpaired) electrons. The average molecular weight is 232 g/mol. The summed E-state index contributed by atoms with van der Waals surface area (Å²) in [6.45, 7) is 0. The smallest absolute Gasteiger partial charge is 0.309 e. The fourth-order valence-corrected chi connectivity index (χ4v) is 4.57. The van der Waals surface area contributed by atoms with Crippen molar-refractivity contribution in [3.05, 3.63) is 0 Å². The minimum atomic E-state index is -1.84. The summed E-state index contributed by atoms with van der Waals surface area (Å²) in [5, 5.41) is 19.3. The zero-order chi connectivity index (χ0) is 11.8. The molecule has 2 N–H and O–H groups in total. The molecular weight excluding hydrogens is 218 g/mol. The molecule has 4 saturated carbocycles. The van der Waals surface area contributed by atoms with E-state index in [0.29, 0.717) is 0 Å². The van der Waals surface area contributed by atoms with Crippen LogP contribution in [0.5, 0.6) is 0 Å². The maximum atomic E-state index is 14.3. The van der Waals surface area contributed by atoms with E-state index in [2.05, 4.69) is 0 Å². The molecular formula is C11H14F2O3. The number of carboxylic acid groups (broad SMARTS) is 1. The van der Waals surface area contributed by atoms with Gasteiger partial charge in [0.1, 0.15) is 11.3 Å². The highest BCUT2D eigenvalue weighted by molar-refractivity contribution is 5.76. The summed E-state index contributed by atoms with van der Waals surface area (Å²) in [5.41, 5.74) is -6.53. The summed E-state index contributed by atoms with van der Waals surface area (Å²) >= 11 is 0. The van der Waals surface area contributed by atoms with Gasteiger partial charge in [0.25, 0.3) is 0 Å². The summed E-state index contributed by atoms with van der Waals surface area (Å²) in [6.07, 6.45) is -0.780. The summed E-state index contributed by atoms with van der Waals surface area (Å²) in [7, 11) is 0. The Morgan fingerprint density at radius 1 is 0.938 bits per heavy atom. The van der Waals surface area contributed by atoms with Crippen LogP contribution in [0.2, 0.25) is 0 Å². The largest absolute Gasteiger partial charge is 0.481 e. The number of carbonyl (C=O) groups is 1. The van der Waals surface area contributed by atoms with Gasteiger partial charge in [0.15, 0.2) is 0 Å². The van der Waals surface area contributed by atoms with E-state index in [0.717, 1.165) is 0 Å². The minimum absolute atomic E-state index is 0.00727. The van der Waals surface area contributed by atoms with E-state index in [1.54, 1.807) is 0 Å². The van der Waals surface area contributed by atoms with Gasteiger partial charge in [-0.15, -0.1) is 0 Å². The van der Waals surface area contributed by atoms with Gasteiger partial charge in [-0.2, -0.15) is 0 Å². The van der Waals surface area contributed by atoms with Gasteiger partial charge in [0.05, 0.1) is 11.0 Å². The molecule has 16 heavy (non-hydrogen) atoms. The lowest BCUT2D eigenvalue weighted by atomic mass is 9.46. The molecule has 90 valence electrons. The standard InChI is InChI=1S/C11H14F2O3/c12-9-1-8(7(14)15)2-10(13,4-9)6-11(16,3-8)5-9/h16H,1-6H2,(H,14,15). The second-order valence-corrected chi connectivity index (χ2v) is 6.17. The van der Waals surface area contributed by atoms with Crippen LogP contribution in [0.1, 0.15) is 38.5 Å². The molecule has 0 aromatic heterocycles. The molecule has 2 unspecified atom stereocenters. The van der Waals surface area contributed by atoms with Crippen LogP contribution >= 0.6 is 0 Å². The molecule has 4 aliphatic rings. The van der Waals surface area contributed by atoms with E-state index in [4.69, 9.17) is 0 Å². The van der Waals surface area contributed by atoms with Gasteiger partial charge in [-0.05, 0) is 19.3 Å². The lowest BCUT2D eigenvalue weighted by Gasteiger charge is -2.62. The van der Waals surface area contributed by atoms with Crippen molar-refractivity contribution in [3.63, 3.8) is 0 Å². The molecule has 0 heterocycles. The molecule has 4 bridgehead atoms. The highest BCUT2D eigenvalue weighted by Gasteiger charge is 2.71. The van der Waals surface area contributed by atoms with E-state index < -0.39 is 28.3 Å². The fraction of sp³-hybridized carbons (Fsp3) is 0.909. The van der Waals surface area contributed by atoms with Crippen molar-refractivity contribution in [1.29, 1.82) is 0 Å². The molecule has 4 fully saturated rings. The molecule has 5 heteroatoms. The first-order chi connectivity index (χ1) is 7.19.